The maximum absolute atomic E-state index is 13.2. The van der Waals surface area contributed by atoms with Gasteiger partial charge in [0.15, 0.2) is 11.5 Å². The molecule has 1 saturated heterocycles. The fraction of sp³-hybridized carbons (Fsp3) is 0.462. The minimum absolute atomic E-state index is 0.0251. The number of halogens is 4. The number of rotatable bonds is 5. The van der Waals surface area contributed by atoms with E-state index in [0.29, 0.717) is 33.9 Å². The van der Waals surface area contributed by atoms with Crippen LogP contribution in [-0.4, -0.2) is 63.0 Å². The molecule has 12 heteroatoms. The SMILES string of the molecule is COc1ccc([C@@]23CC[C@@H](NC(=O)N(OC(=O)C(F)(F)F)c4cccc(Br)c4)C[C@@H]2N(C)CC3)cc1OC. The van der Waals surface area contributed by atoms with Crippen molar-refractivity contribution in [3.8, 4) is 11.5 Å². The third-order valence-electron chi connectivity index (χ3n) is 7.45. The molecule has 0 aromatic heterocycles. The van der Waals surface area contributed by atoms with Crippen molar-refractivity contribution in [3.05, 3.63) is 52.5 Å². The minimum atomic E-state index is -5.26. The summed E-state index contributed by atoms with van der Waals surface area (Å²) >= 11 is 3.23. The van der Waals surface area contributed by atoms with E-state index in [4.69, 9.17) is 9.47 Å². The topological polar surface area (TPSA) is 80.3 Å². The highest BCUT2D eigenvalue weighted by molar-refractivity contribution is 9.10. The van der Waals surface area contributed by atoms with E-state index in [-0.39, 0.29) is 23.2 Å². The molecule has 1 heterocycles. The number of carbonyl (C=O) groups excluding carboxylic acids is 2. The van der Waals surface area contributed by atoms with Gasteiger partial charge in [-0.1, -0.05) is 28.1 Å². The highest BCUT2D eigenvalue weighted by Crippen LogP contribution is 2.50. The monoisotopic (exact) mass is 599 g/mol. The first-order chi connectivity index (χ1) is 18.0. The number of methoxy groups -OCH3 is 2. The predicted octanol–water partition coefficient (Wildman–Crippen LogP) is 5.20. The summed E-state index contributed by atoms with van der Waals surface area (Å²) in [4.78, 5) is 31.5. The lowest BCUT2D eigenvalue weighted by Crippen LogP contribution is -2.54. The Labute approximate surface area is 227 Å². The van der Waals surface area contributed by atoms with Crippen LogP contribution in [0.3, 0.4) is 0 Å². The molecule has 38 heavy (non-hydrogen) atoms. The van der Waals surface area contributed by atoms with Crippen molar-refractivity contribution >= 4 is 33.6 Å². The second-order valence-corrected chi connectivity index (χ2v) is 10.5. The van der Waals surface area contributed by atoms with Crippen LogP contribution < -0.4 is 19.9 Å². The molecule has 0 radical (unpaired) electrons. The van der Waals surface area contributed by atoms with Gasteiger partial charge in [0.1, 0.15) is 0 Å². The van der Waals surface area contributed by atoms with Crippen LogP contribution in [0.2, 0.25) is 0 Å². The van der Waals surface area contributed by atoms with Crippen molar-refractivity contribution in [2.24, 2.45) is 0 Å². The first kappa shape index (κ1) is 28.0. The Morgan fingerprint density at radius 3 is 2.50 bits per heavy atom. The number of likely N-dealkylation sites (N-methyl/N-ethyl adjacent to an activating group) is 1. The number of likely N-dealkylation sites (tertiary alicyclic amines) is 1. The van der Waals surface area contributed by atoms with E-state index in [0.717, 1.165) is 24.9 Å². The maximum Gasteiger partial charge on any atom is 0.493 e. The Hall–Kier alpha value is -2.99. The smallest absolute Gasteiger partial charge is 0.493 e. The molecule has 1 aliphatic heterocycles. The van der Waals surface area contributed by atoms with Gasteiger partial charge in [0, 0.05) is 22.0 Å². The number of fused-ring (bicyclic) bond motifs is 1. The molecule has 2 aromatic rings. The summed E-state index contributed by atoms with van der Waals surface area (Å²) in [7, 11) is 5.20. The van der Waals surface area contributed by atoms with Gasteiger partial charge in [0.25, 0.3) is 0 Å². The van der Waals surface area contributed by atoms with Crippen LogP contribution in [0.4, 0.5) is 23.7 Å². The molecule has 0 unspecified atom stereocenters. The van der Waals surface area contributed by atoms with Crippen LogP contribution >= 0.6 is 15.9 Å². The molecule has 0 spiro atoms. The van der Waals surface area contributed by atoms with Crippen molar-refractivity contribution in [3.63, 3.8) is 0 Å². The average Bonchev–Trinajstić information content (AvgIpc) is 3.22. The molecule has 3 atom stereocenters. The van der Waals surface area contributed by atoms with Gasteiger partial charge < -0.3 is 24.5 Å². The van der Waals surface area contributed by atoms with Crippen molar-refractivity contribution in [1.29, 1.82) is 0 Å². The Morgan fingerprint density at radius 1 is 1.11 bits per heavy atom. The zero-order valence-corrected chi connectivity index (χ0v) is 22.8. The van der Waals surface area contributed by atoms with Gasteiger partial charge in [-0.25, -0.2) is 9.59 Å². The van der Waals surface area contributed by atoms with Crippen molar-refractivity contribution in [2.45, 2.75) is 49.4 Å². The molecular formula is C26H29BrF3N3O5. The van der Waals surface area contributed by atoms with Crippen LogP contribution in [0.25, 0.3) is 0 Å². The molecule has 4 rings (SSSR count). The van der Waals surface area contributed by atoms with E-state index >= 15 is 0 Å². The number of urea groups is 1. The van der Waals surface area contributed by atoms with Gasteiger partial charge >= 0.3 is 18.2 Å². The second-order valence-electron chi connectivity index (χ2n) is 9.54. The normalized spacial score (nSPS) is 23.3. The molecule has 2 amide bonds. The van der Waals surface area contributed by atoms with Gasteiger partial charge in [-0.05, 0) is 75.2 Å². The summed E-state index contributed by atoms with van der Waals surface area (Å²) < 4.78 is 50.3. The van der Waals surface area contributed by atoms with Gasteiger partial charge in [0.2, 0.25) is 0 Å². The van der Waals surface area contributed by atoms with Crippen LogP contribution in [0.1, 0.15) is 31.2 Å². The van der Waals surface area contributed by atoms with Crippen LogP contribution in [0.15, 0.2) is 46.9 Å². The molecule has 8 nitrogen and oxygen atoms in total. The number of benzene rings is 2. The number of hydrogen-bond acceptors (Lipinski definition) is 6. The number of alkyl halides is 3. The highest BCUT2D eigenvalue weighted by atomic mass is 79.9. The quantitative estimate of drug-likeness (QED) is 0.476. The van der Waals surface area contributed by atoms with Crippen LogP contribution in [0.5, 0.6) is 11.5 Å². The number of nitrogens with one attached hydrogen (secondary N) is 1. The first-order valence-electron chi connectivity index (χ1n) is 12.1. The minimum Gasteiger partial charge on any atom is -0.493 e. The third kappa shape index (κ3) is 5.56. The highest BCUT2D eigenvalue weighted by Gasteiger charge is 2.51. The van der Waals surface area contributed by atoms with E-state index < -0.39 is 18.2 Å². The molecule has 206 valence electrons. The molecule has 1 saturated carbocycles. The third-order valence-corrected chi connectivity index (χ3v) is 7.94. The summed E-state index contributed by atoms with van der Waals surface area (Å²) in [5, 5.41) is 3.15. The molecular weight excluding hydrogens is 571 g/mol. The predicted molar refractivity (Wildman–Crippen MR) is 137 cm³/mol. The number of amides is 2. The summed E-state index contributed by atoms with van der Waals surface area (Å²) in [5.41, 5.74) is 0.912. The molecule has 2 aliphatic rings. The van der Waals surface area contributed by atoms with E-state index in [1.807, 2.05) is 25.2 Å². The Kier molecular flexibility index (Phi) is 8.12. The Bertz CT molecular complexity index is 1200. The molecule has 2 fully saturated rings. The molecule has 2 aromatic carbocycles. The number of hydroxylamine groups is 1. The molecule has 1 N–H and O–H groups in total. The summed E-state index contributed by atoms with van der Waals surface area (Å²) in [6.07, 6.45) is -2.46. The summed E-state index contributed by atoms with van der Waals surface area (Å²) in [6, 6.07) is 10.6. The zero-order chi connectivity index (χ0) is 27.7. The largest absolute Gasteiger partial charge is 0.493 e. The van der Waals surface area contributed by atoms with Gasteiger partial charge in [-0.3, -0.25) is 0 Å². The fourth-order valence-corrected chi connectivity index (χ4v) is 5.96. The average molecular weight is 600 g/mol. The second kappa shape index (κ2) is 11.0. The lowest BCUT2D eigenvalue weighted by Gasteiger charge is -2.45. The Morgan fingerprint density at radius 2 is 1.84 bits per heavy atom. The van der Waals surface area contributed by atoms with Crippen LogP contribution in [0, 0.1) is 0 Å². The number of hydrogen-bond donors (Lipinski definition) is 1. The number of carbonyl (C=O) groups is 2. The summed E-state index contributed by atoms with van der Waals surface area (Å²) in [5.74, 6) is -1.21. The van der Waals surface area contributed by atoms with Crippen LogP contribution in [-0.2, 0) is 15.0 Å². The van der Waals surface area contributed by atoms with Crippen molar-refractivity contribution in [1.82, 2.24) is 10.2 Å². The molecule has 0 bridgehead atoms. The van der Waals surface area contributed by atoms with Gasteiger partial charge in [-0.2, -0.15) is 13.2 Å². The van der Waals surface area contributed by atoms with E-state index in [1.54, 1.807) is 20.3 Å². The van der Waals surface area contributed by atoms with Gasteiger partial charge in [-0.15, -0.1) is 5.06 Å². The van der Waals surface area contributed by atoms with E-state index in [9.17, 15) is 22.8 Å². The fourth-order valence-electron chi connectivity index (χ4n) is 5.58. The van der Waals surface area contributed by atoms with Gasteiger partial charge in [0.05, 0.1) is 19.9 Å². The number of ether oxygens (including phenoxy) is 2. The zero-order valence-electron chi connectivity index (χ0n) is 21.2. The summed E-state index contributed by atoms with van der Waals surface area (Å²) in [6.45, 7) is 0.854. The number of nitrogens with zero attached hydrogens (tertiary/aromatic N) is 2. The maximum atomic E-state index is 13.2. The first-order valence-corrected chi connectivity index (χ1v) is 12.9. The van der Waals surface area contributed by atoms with E-state index in [2.05, 4.69) is 31.0 Å². The molecule has 1 aliphatic carbocycles. The van der Waals surface area contributed by atoms with Crippen molar-refractivity contribution < 1.29 is 37.1 Å². The lowest BCUT2D eigenvalue weighted by molar-refractivity contribution is -0.199. The van der Waals surface area contributed by atoms with Crippen molar-refractivity contribution in [2.75, 3.05) is 32.9 Å². The number of anilines is 1. The van der Waals surface area contributed by atoms with E-state index in [1.165, 1.54) is 18.2 Å². The standard InChI is InChI=1S/C26H29BrF3N3O5/c1-32-12-11-25(16-7-8-20(36-2)21(13-16)37-3)10-9-18(15-22(25)32)31-24(35)33(38-23(34)26(28,29)30)19-6-4-5-17(27)14-19/h4-8,13-14,18,22H,9-12,15H2,1-3H3,(H,31,35)/t18-,22+,25+/m1/s1. The Balaban J connectivity index is 1.55. The lowest BCUT2D eigenvalue weighted by atomic mass is 9.65.